The van der Waals surface area contributed by atoms with Crippen molar-refractivity contribution in [2.75, 3.05) is 17.3 Å². The van der Waals surface area contributed by atoms with Gasteiger partial charge in [-0.3, -0.25) is 19.6 Å². The van der Waals surface area contributed by atoms with Crippen LogP contribution in [-0.4, -0.2) is 34.9 Å². The van der Waals surface area contributed by atoms with E-state index in [4.69, 9.17) is 4.74 Å². The van der Waals surface area contributed by atoms with Crippen molar-refractivity contribution in [3.05, 3.63) is 54.4 Å². The number of nitrogens with zero attached hydrogens (tertiary/aromatic N) is 3. The van der Waals surface area contributed by atoms with E-state index in [2.05, 4.69) is 15.3 Å². The van der Waals surface area contributed by atoms with Crippen LogP contribution in [0.1, 0.15) is 17.3 Å². The molecule has 1 N–H and O–H groups in total. The number of rotatable bonds is 2. The molecular weight excluding hydrogens is 332 g/mol. The van der Waals surface area contributed by atoms with Crippen molar-refractivity contribution in [1.82, 2.24) is 9.97 Å². The molecule has 3 aromatic rings. The molecule has 0 radical (unpaired) electrons. The Labute approximate surface area is 149 Å². The van der Waals surface area contributed by atoms with Crippen LogP contribution in [0, 0.1) is 0 Å². The van der Waals surface area contributed by atoms with Crippen molar-refractivity contribution in [2.24, 2.45) is 0 Å². The molecular formula is C19H16N4O3. The second-order valence-electron chi connectivity index (χ2n) is 6.05. The smallest absolute Gasteiger partial charge is 0.267 e. The summed E-state index contributed by atoms with van der Waals surface area (Å²) in [4.78, 5) is 34.6. The van der Waals surface area contributed by atoms with Gasteiger partial charge in [-0.25, -0.2) is 0 Å². The summed E-state index contributed by atoms with van der Waals surface area (Å²) < 4.78 is 5.59. The molecule has 2 aromatic carbocycles. The molecule has 0 aliphatic carbocycles. The number of carbonyl (C=O) groups is 2. The number of nitrogens with one attached hydrogen (secondary N) is 1. The number of amides is 2. The van der Waals surface area contributed by atoms with E-state index in [1.807, 2.05) is 0 Å². The van der Waals surface area contributed by atoms with Crippen LogP contribution in [0.5, 0.6) is 5.75 Å². The number of hydrogen-bond donors (Lipinski definition) is 1. The lowest BCUT2D eigenvalue weighted by Crippen LogP contribution is -2.41. The van der Waals surface area contributed by atoms with Crippen LogP contribution in [0.2, 0.25) is 0 Å². The Balaban J connectivity index is 1.60. The van der Waals surface area contributed by atoms with Gasteiger partial charge >= 0.3 is 0 Å². The van der Waals surface area contributed by atoms with Gasteiger partial charge in [-0.05, 0) is 43.3 Å². The molecule has 0 fully saturated rings. The van der Waals surface area contributed by atoms with Gasteiger partial charge in [-0.2, -0.15) is 0 Å². The maximum absolute atomic E-state index is 12.6. The zero-order valence-electron chi connectivity index (χ0n) is 14.3. The van der Waals surface area contributed by atoms with Crippen LogP contribution in [0.4, 0.5) is 11.4 Å². The highest BCUT2D eigenvalue weighted by atomic mass is 16.5. The zero-order chi connectivity index (χ0) is 18.3. The molecule has 0 saturated carbocycles. The largest absolute Gasteiger partial charge is 0.479 e. The predicted molar refractivity (Wildman–Crippen MR) is 97.4 cm³/mol. The third-order valence-electron chi connectivity index (χ3n) is 4.29. The summed E-state index contributed by atoms with van der Waals surface area (Å²) in [5.74, 6) is 0.212. The van der Waals surface area contributed by atoms with E-state index in [0.717, 1.165) is 5.52 Å². The summed E-state index contributed by atoms with van der Waals surface area (Å²) in [6, 6.07) is 10.4. The maximum atomic E-state index is 12.6. The summed E-state index contributed by atoms with van der Waals surface area (Å²) in [6.07, 6.45) is 2.67. The van der Waals surface area contributed by atoms with E-state index in [0.29, 0.717) is 28.2 Å². The maximum Gasteiger partial charge on any atom is 0.267 e. The first-order valence-electron chi connectivity index (χ1n) is 8.13. The van der Waals surface area contributed by atoms with Crippen molar-refractivity contribution in [1.29, 1.82) is 0 Å². The van der Waals surface area contributed by atoms with Crippen LogP contribution >= 0.6 is 0 Å². The average Bonchev–Trinajstić information content (AvgIpc) is 2.66. The summed E-state index contributed by atoms with van der Waals surface area (Å²) in [6.45, 7) is 1.71. The van der Waals surface area contributed by atoms with Crippen LogP contribution in [0.3, 0.4) is 0 Å². The molecule has 26 heavy (non-hydrogen) atoms. The summed E-state index contributed by atoms with van der Waals surface area (Å²) in [7, 11) is 1.69. The molecule has 7 heteroatoms. The van der Waals surface area contributed by atoms with Crippen molar-refractivity contribution >= 4 is 34.2 Å². The molecule has 1 aliphatic heterocycles. The monoisotopic (exact) mass is 348 g/mol. The predicted octanol–water partition coefficient (Wildman–Crippen LogP) is 2.63. The van der Waals surface area contributed by atoms with Crippen molar-refractivity contribution in [3.8, 4) is 5.75 Å². The minimum Gasteiger partial charge on any atom is -0.479 e. The lowest BCUT2D eigenvalue weighted by atomic mass is 10.1. The third-order valence-corrected chi connectivity index (χ3v) is 4.29. The first-order valence-corrected chi connectivity index (χ1v) is 8.13. The first kappa shape index (κ1) is 16.0. The van der Waals surface area contributed by atoms with Gasteiger partial charge in [-0.15, -0.1) is 0 Å². The molecule has 2 heterocycles. The summed E-state index contributed by atoms with van der Waals surface area (Å²) >= 11 is 0. The lowest BCUT2D eigenvalue weighted by Gasteiger charge is -2.30. The first-order chi connectivity index (χ1) is 12.5. The molecule has 2 amide bonds. The number of benzene rings is 2. The van der Waals surface area contributed by atoms with E-state index in [9.17, 15) is 9.59 Å². The Kier molecular flexibility index (Phi) is 3.76. The van der Waals surface area contributed by atoms with E-state index in [1.165, 1.54) is 4.90 Å². The second-order valence-corrected chi connectivity index (χ2v) is 6.05. The molecule has 1 aliphatic rings. The van der Waals surface area contributed by atoms with Gasteiger partial charge in [0.05, 0.1) is 16.7 Å². The highest BCUT2D eigenvalue weighted by Crippen LogP contribution is 2.35. The minimum atomic E-state index is -0.522. The van der Waals surface area contributed by atoms with Gasteiger partial charge in [0.1, 0.15) is 5.75 Å². The summed E-state index contributed by atoms with van der Waals surface area (Å²) in [5.41, 5.74) is 3.05. The molecule has 1 unspecified atom stereocenters. The van der Waals surface area contributed by atoms with E-state index < -0.39 is 6.10 Å². The van der Waals surface area contributed by atoms with Crippen molar-refractivity contribution in [2.45, 2.75) is 13.0 Å². The van der Waals surface area contributed by atoms with Crippen molar-refractivity contribution < 1.29 is 14.3 Å². The number of anilines is 2. The average molecular weight is 348 g/mol. The number of aromatic nitrogens is 2. The van der Waals surface area contributed by atoms with Gasteiger partial charge in [0.25, 0.3) is 11.8 Å². The highest BCUT2D eigenvalue weighted by Gasteiger charge is 2.29. The van der Waals surface area contributed by atoms with E-state index >= 15 is 0 Å². The standard InChI is InChI=1S/C19H16N4O3/c1-11-19(25)23(2)16-10-13(4-6-17(16)26-11)22-18(24)12-3-5-14-15(9-12)21-8-7-20-14/h3-11H,1-2H3,(H,22,24). The topological polar surface area (TPSA) is 84.4 Å². The van der Waals surface area contributed by atoms with E-state index in [-0.39, 0.29) is 11.8 Å². The third kappa shape index (κ3) is 2.73. The summed E-state index contributed by atoms with van der Waals surface area (Å²) in [5, 5.41) is 2.84. The van der Waals surface area contributed by atoms with Crippen LogP contribution in [0.25, 0.3) is 11.0 Å². The fraction of sp³-hybridized carbons (Fsp3) is 0.158. The highest BCUT2D eigenvalue weighted by molar-refractivity contribution is 6.07. The Morgan fingerprint density at radius 3 is 2.69 bits per heavy atom. The van der Waals surface area contributed by atoms with Crippen LogP contribution in [0.15, 0.2) is 48.8 Å². The van der Waals surface area contributed by atoms with Crippen LogP contribution < -0.4 is 15.0 Å². The molecule has 0 spiro atoms. The Morgan fingerprint density at radius 1 is 1.12 bits per heavy atom. The number of hydrogen-bond acceptors (Lipinski definition) is 5. The normalized spacial score (nSPS) is 16.2. The van der Waals surface area contributed by atoms with E-state index in [1.54, 1.807) is 62.8 Å². The van der Waals surface area contributed by atoms with Gasteiger partial charge in [-0.1, -0.05) is 0 Å². The SMILES string of the molecule is CC1Oc2ccc(NC(=O)c3ccc4nccnc4c3)cc2N(C)C1=O. The quantitative estimate of drug-likeness (QED) is 0.769. The Hall–Kier alpha value is -3.48. The molecule has 0 bridgehead atoms. The van der Waals surface area contributed by atoms with Gasteiger partial charge in [0, 0.05) is 30.7 Å². The Morgan fingerprint density at radius 2 is 1.88 bits per heavy atom. The minimum absolute atomic E-state index is 0.130. The molecule has 1 aromatic heterocycles. The fourth-order valence-corrected chi connectivity index (χ4v) is 2.90. The molecule has 4 rings (SSSR count). The molecule has 130 valence electrons. The second kappa shape index (κ2) is 6.11. The molecule has 0 saturated heterocycles. The Bertz CT molecular complexity index is 1030. The van der Waals surface area contributed by atoms with Crippen molar-refractivity contribution in [3.63, 3.8) is 0 Å². The molecule has 1 atom stereocenters. The number of ether oxygens (including phenoxy) is 1. The van der Waals surface area contributed by atoms with Gasteiger partial charge in [0.15, 0.2) is 6.10 Å². The number of carbonyl (C=O) groups excluding carboxylic acids is 2. The van der Waals surface area contributed by atoms with Crippen LogP contribution in [-0.2, 0) is 4.79 Å². The molecule has 7 nitrogen and oxygen atoms in total. The van der Waals surface area contributed by atoms with Gasteiger partial charge in [0.2, 0.25) is 0 Å². The number of fused-ring (bicyclic) bond motifs is 2. The number of likely N-dealkylation sites (N-methyl/N-ethyl adjacent to an activating group) is 1. The fourth-order valence-electron chi connectivity index (χ4n) is 2.90. The lowest BCUT2D eigenvalue weighted by molar-refractivity contribution is -0.125. The van der Waals surface area contributed by atoms with Gasteiger partial charge < -0.3 is 15.0 Å². The zero-order valence-corrected chi connectivity index (χ0v) is 14.3.